The minimum atomic E-state index is -0.507. The maximum Gasteiger partial charge on any atom is 0.261 e. The summed E-state index contributed by atoms with van der Waals surface area (Å²) in [7, 11) is 0. The van der Waals surface area contributed by atoms with Crippen molar-refractivity contribution in [3.8, 4) is 5.75 Å². The average Bonchev–Trinajstić information content (AvgIpc) is 2.77. The summed E-state index contributed by atoms with van der Waals surface area (Å²) in [5.74, 6) is 1.40. The molecule has 0 spiro atoms. The molecule has 3 unspecified atom stereocenters. The molecule has 174 valence electrons. The predicted octanol–water partition coefficient (Wildman–Crippen LogP) is 6.26. The first-order chi connectivity index (χ1) is 15.2. The van der Waals surface area contributed by atoms with Gasteiger partial charge < -0.3 is 15.0 Å². The Morgan fingerprint density at radius 1 is 1.12 bits per heavy atom. The maximum absolute atomic E-state index is 12.9. The first-order valence-electron chi connectivity index (χ1n) is 12.1. The van der Waals surface area contributed by atoms with Gasteiger partial charge in [-0.2, -0.15) is 0 Å². The fraction of sp³-hybridized carbons (Fsp3) is 0.536. The number of hydrogen-bond acceptors (Lipinski definition) is 3. The molecule has 3 atom stereocenters. The lowest BCUT2D eigenvalue weighted by molar-refractivity contribution is -0.128. The maximum atomic E-state index is 12.9. The van der Waals surface area contributed by atoms with Crippen LogP contribution in [0.5, 0.6) is 5.75 Å². The molecule has 32 heavy (non-hydrogen) atoms. The third kappa shape index (κ3) is 6.27. The predicted molar refractivity (Wildman–Crippen MR) is 133 cm³/mol. The van der Waals surface area contributed by atoms with Crippen LogP contribution in [0.3, 0.4) is 0 Å². The fourth-order valence-corrected chi connectivity index (χ4v) is 4.31. The van der Waals surface area contributed by atoms with Crippen LogP contribution >= 0.6 is 0 Å². The van der Waals surface area contributed by atoms with Gasteiger partial charge in [-0.15, -0.1) is 0 Å². The van der Waals surface area contributed by atoms with Gasteiger partial charge in [-0.3, -0.25) is 4.79 Å². The summed E-state index contributed by atoms with van der Waals surface area (Å²) in [5.41, 5.74) is 3.72. The molecule has 1 aliphatic heterocycles. The van der Waals surface area contributed by atoms with Crippen LogP contribution in [0.25, 0.3) is 0 Å². The molecule has 2 aromatic carbocycles. The molecular weight excluding hydrogens is 396 g/mol. The highest BCUT2D eigenvalue weighted by Gasteiger charge is 2.22. The number of carbonyl (C=O) groups is 1. The van der Waals surface area contributed by atoms with Gasteiger partial charge in [0.05, 0.1) is 6.04 Å². The second kappa shape index (κ2) is 10.4. The molecule has 1 fully saturated rings. The molecule has 2 aromatic rings. The monoisotopic (exact) mass is 436 g/mol. The van der Waals surface area contributed by atoms with E-state index >= 15 is 0 Å². The minimum absolute atomic E-state index is 0.0715. The lowest BCUT2D eigenvalue weighted by atomic mass is 9.87. The van der Waals surface area contributed by atoms with E-state index in [1.54, 1.807) is 0 Å². The Hall–Kier alpha value is -2.49. The highest BCUT2D eigenvalue weighted by atomic mass is 16.5. The Morgan fingerprint density at radius 2 is 1.78 bits per heavy atom. The molecule has 1 aliphatic rings. The van der Waals surface area contributed by atoms with Crippen molar-refractivity contribution in [1.29, 1.82) is 0 Å². The van der Waals surface area contributed by atoms with Crippen LogP contribution in [0, 0.1) is 5.92 Å². The normalized spacial score (nSPS) is 18.7. The molecule has 4 heteroatoms. The third-order valence-corrected chi connectivity index (χ3v) is 6.44. The number of carbonyl (C=O) groups excluding carboxylic acids is 1. The average molecular weight is 437 g/mol. The molecule has 1 saturated heterocycles. The number of anilines is 1. The van der Waals surface area contributed by atoms with Crippen LogP contribution in [0.15, 0.2) is 48.5 Å². The summed E-state index contributed by atoms with van der Waals surface area (Å²) in [6.45, 7) is 15.1. The van der Waals surface area contributed by atoms with Crippen molar-refractivity contribution in [3.05, 3.63) is 59.7 Å². The van der Waals surface area contributed by atoms with Gasteiger partial charge in [0, 0.05) is 18.8 Å². The highest BCUT2D eigenvalue weighted by molar-refractivity contribution is 5.81. The van der Waals surface area contributed by atoms with Crippen LogP contribution in [0.4, 0.5) is 5.69 Å². The fourth-order valence-electron chi connectivity index (χ4n) is 4.31. The van der Waals surface area contributed by atoms with Gasteiger partial charge in [-0.05, 0) is 72.9 Å². The van der Waals surface area contributed by atoms with Crippen LogP contribution < -0.4 is 15.0 Å². The molecule has 1 N–H and O–H groups in total. The molecular formula is C28H40N2O2. The Kier molecular flexibility index (Phi) is 7.86. The smallest absolute Gasteiger partial charge is 0.261 e. The minimum Gasteiger partial charge on any atom is -0.481 e. The van der Waals surface area contributed by atoms with E-state index in [1.807, 2.05) is 26.0 Å². The van der Waals surface area contributed by atoms with Gasteiger partial charge in [-0.1, -0.05) is 58.9 Å². The first-order valence-corrected chi connectivity index (χ1v) is 12.1. The van der Waals surface area contributed by atoms with Crippen molar-refractivity contribution in [3.63, 3.8) is 0 Å². The van der Waals surface area contributed by atoms with Crippen LogP contribution in [-0.2, 0) is 10.2 Å². The van der Waals surface area contributed by atoms with E-state index < -0.39 is 6.10 Å². The number of rotatable bonds is 7. The largest absolute Gasteiger partial charge is 0.481 e. The third-order valence-electron chi connectivity index (χ3n) is 6.44. The first kappa shape index (κ1) is 24.2. The Morgan fingerprint density at radius 3 is 2.34 bits per heavy atom. The van der Waals surface area contributed by atoms with E-state index in [9.17, 15) is 4.79 Å². The van der Waals surface area contributed by atoms with E-state index in [1.165, 1.54) is 24.1 Å². The molecule has 0 saturated carbocycles. The molecule has 0 radical (unpaired) electrons. The highest BCUT2D eigenvalue weighted by Crippen LogP contribution is 2.26. The number of benzene rings is 2. The molecule has 1 amide bonds. The van der Waals surface area contributed by atoms with Crippen molar-refractivity contribution in [2.75, 3.05) is 18.0 Å². The van der Waals surface area contributed by atoms with Crippen molar-refractivity contribution in [2.45, 2.75) is 78.4 Å². The van der Waals surface area contributed by atoms with Crippen molar-refractivity contribution < 1.29 is 9.53 Å². The number of ether oxygens (including phenoxy) is 1. The van der Waals surface area contributed by atoms with Crippen LogP contribution in [0.2, 0.25) is 0 Å². The van der Waals surface area contributed by atoms with E-state index in [4.69, 9.17) is 4.74 Å². The molecule has 0 aromatic heterocycles. The lowest BCUT2D eigenvalue weighted by Crippen LogP contribution is -2.39. The number of nitrogens with zero attached hydrogens (tertiary/aromatic N) is 1. The van der Waals surface area contributed by atoms with Gasteiger partial charge in [0.1, 0.15) is 5.75 Å². The number of piperidine rings is 1. The summed E-state index contributed by atoms with van der Waals surface area (Å²) in [6, 6.07) is 16.6. The van der Waals surface area contributed by atoms with Crippen molar-refractivity contribution in [2.24, 2.45) is 5.92 Å². The zero-order chi connectivity index (χ0) is 23.3. The lowest BCUT2D eigenvalue weighted by Gasteiger charge is -2.33. The van der Waals surface area contributed by atoms with E-state index in [0.29, 0.717) is 6.42 Å². The number of amides is 1. The molecule has 4 nitrogen and oxygen atoms in total. The topological polar surface area (TPSA) is 41.6 Å². The molecule has 3 rings (SSSR count). The second-order valence-corrected chi connectivity index (χ2v) is 10.3. The number of nitrogens with one attached hydrogen (secondary N) is 1. The quantitative estimate of drug-likeness (QED) is 0.557. The molecule has 1 heterocycles. The van der Waals surface area contributed by atoms with E-state index in [-0.39, 0.29) is 17.4 Å². The summed E-state index contributed by atoms with van der Waals surface area (Å²) in [5, 5.41) is 3.13. The van der Waals surface area contributed by atoms with Gasteiger partial charge in [-0.25, -0.2) is 0 Å². The Labute approximate surface area is 194 Å². The van der Waals surface area contributed by atoms with Crippen molar-refractivity contribution in [1.82, 2.24) is 5.32 Å². The molecule has 0 bridgehead atoms. The zero-order valence-corrected chi connectivity index (χ0v) is 20.7. The molecule has 0 aliphatic carbocycles. The summed E-state index contributed by atoms with van der Waals surface area (Å²) >= 11 is 0. The van der Waals surface area contributed by atoms with Gasteiger partial charge in [0.15, 0.2) is 6.10 Å². The Bertz CT molecular complexity index is 868. The van der Waals surface area contributed by atoms with Crippen LogP contribution in [0.1, 0.15) is 78.0 Å². The van der Waals surface area contributed by atoms with E-state index in [0.717, 1.165) is 30.3 Å². The Balaban J connectivity index is 1.58. The summed E-state index contributed by atoms with van der Waals surface area (Å²) in [6.07, 6.45) is 2.68. The van der Waals surface area contributed by atoms with Crippen molar-refractivity contribution >= 4 is 11.6 Å². The van der Waals surface area contributed by atoms with Gasteiger partial charge >= 0.3 is 0 Å². The summed E-state index contributed by atoms with van der Waals surface area (Å²) < 4.78 is 6.02. The van der Waals surface area contributed by atoms with Gasteiger partial charge in [0.2, 0.25) is 0 Å². The zero-order valence-electron chi connectivity index (χ0n) is 20.7. The SMILES string of the molecule is CCC(Oc1ccc(C(C)(C)C)cc1)C(=O)NC(C)c1ccc(N2CCCC(C)C2)cc1. The van der Waals surface area contributed by atoms with Gasteiger partial charge in [0.25, 0.3) is 5.91 Å². The standard InChI is InChI=1S/C28H40N2O2/c1-7-26(32-25-16-12-23(13-17-25)28(4,5)6)27(31)29-21(3)22-10-14-24(15-11-22)30-18-8-9-20(2)19-30/h10-17,20-21,26H,7-9,18-19H2,1-6H3,(H,29,31). The number of hydrogen-bond donors (Lipinski definition) is 1. The van der Waals surface area contributed by atoms with E-state index in [2.05, 4.69) is 74.3 Å². The van der Waals surface area contributed by atoms with Crippen LogP contribution in [-0.4, -0.2) is 25.1 Å². The second-order valence-electron chi connectivity index (χ2n) is 10.3. The summed E-state index contributed by atoms with van der Waals surface area (Å²) in [4.78, 5) is 15.4.